The summed E-state index contributed by atoms with van der Waals surface area (Å²) in [6, 6.07) is 6.10. The Morgan fingerprint density at radius 3 is 2.04 bits per heavy atom. The maximum absolute atomic E-state index is 11.7. The Morgan fingerprint density at radius 1 is 1.00 bits per heavy atom. The number of hydrogen-bond acceptors (Lipinski definition) is 5. The van der Waals surface area contributed by atoms with Gasteiger partial charge in [0.15, 0.2) is 0 Å². The van der Waals surface area contributed by atoms with Gasteiger partial charge in [0.05, 0.1) is 27.7 Å². The highest BCUT2D eigenvalue weighted by Gasteiger charge is 2.04. The molecule has 154 valence electrons. The number of carboxylic acid groups (broad SMARTS) is 1. The van der Waals surface area contributed by atoms with Crippen molar-refractivity contribution in [1.29, 1.82) is 0 Å². The molecule has 0 aliphatic carbocycles. The number of aliphatic carboxylic acids is 1. The number of amides is 1. The van der Waals surface area contributed by atoms with Gasteiger partial charge in [0, 0.05) is 18.1 Å². The Morgan fingerprint density at radius 2 is 1.56 bits per heavy atom. The zero-order valence-electron chi connectivity index (χ0n) is 16.7. The second-order valence-corrected chi connectivity index (χ2v) is 7.43. The largest absolute Gasteiger partial charge is 0.550 e. The van der Waals surface area contributed by atoms with E-state index in [2.05, 4.69) is 26.5 Å². The number of nitrogens with one attached hydrogen (secondary N) is 1. The van der Waals surface area contributed by atoms with Gasteiger partial charge in [-0.25, -0.2) is 0 Å². The average molecular weight is 383 g/mol. The topological polar surface area (TPSA) is 110 Å². The van der Waals surface area contributed by atoms with E-state index in [4.69, 9.17) is 10.2 Å². The second-order valence-electron chi connectivity index (χ2n) is 7.43. The Balaban J connectivity index is 0.000000821. The lowest BCUT2D eigenvalue weighted by molar-refractivity contribution is -0.870. The Hall–Kier alpha value is -2.12. The molecule has 0 aromatic heterocycles. The molecule has 27 heavy (non-hydrogen) atoms. The fraction of sp³-hybridized carbons (Fsp3) is 0.600. The van der Waals surface area contributed by atoms with Gasteiger partial charge in [-0.15, -0.1) is 0 Å². The molecule has 0 unspecified atom stereocenters. The van der Waals surface area contributed by atoms with Crippen molar-refractivity contribution in [3.63, 3.8) is 0 Å². The van der Waals surface area contributed by atoms with Crippen LogP contribution in [0.25, 0.3) is 0 Å². The zero-order chi connectivity index (χ0) is 20.7. The first kappa shape index (κ1) is 24.9. The van der Waals surface area contributed by atoms with Gasteiger partial charge in [0.1, 0.15) is 12.3 Å². The summed E-state index contributed by atoms with van der Waals surface area (Å²) in [5, 5.41) is 30.5. The van der Waals surface area contributed by atoms with Gasteiger partial charge in [-0.05, 0) is 43.5 Å². The number of likely N-dealkylation sites (N-methyl/N-ethyl adjacent to an activating group) is 1. The van der Waals surface area contributed by atoms with Gasteiger partial charge in [-0.1, -0.05) is 19.3 Å². The van der Waals surface area contributed by atoms with Crippen molar-refractivity contribution in [2.24, 2.45) is 0 Å². The van der Waals surface area contributed by atoms with Crippen molar-refractivity contribution < 1.29 is 29.4 Å². The predicted molar refractivity (Wildman–Crippen MR) is 103 cm³/mol. The number of benzene rings is 1. The maximum Gasteiger partial charge on any atom is 0.251 e. The molecule has 0 aliphatic rings. The normalized spacial score (nSPS) is 10.7. The molecule has 0 spiro atoms. The molecule has 0 atom stereocenters. The standard InChI is InChI=1S/C15H21NO4.C5H14NO/c17-13-9-7-12(8-10-13)15(20)16-11-5-3-1-2-4-6-14(18)19;1-6(2,3)4-5-7/h7-10,17H,1-6,11H2,(H,16,20)(H,18,19);7H,4-5H2,1-3H3/q;+1/p-1. The smallest absolute Gasteiger partial charge is 0.251 e. The summed E-state index contributed by atoms with van der Waals surface area (Å²) < 4.78 is 0.844. The van der Waals surface area contributed by atoms with Gasteiger partial charge in [0.25, 0.3) is 5.91 Å². The highest BCUT2D eigenvalue weighted by Crippen LogP contribution is 2.09. The molecule has 0 bridgehead atoms. The lowest BCUT2D eigenvalue weighted by Crippen LogP contribution is -2.36. The minimum atomic E-state index is -0.994. The van der Waals surface area contributed by atoms with E-state index < -0.39 is 5.97 Å². The van der Waals surface area contributed by atoms with Gasteiger partial charge in [0.2, 0.25) is 0 Å². The van der Waals surface area contributed by atoms with Crippen LogP contribution >= 0.6 is 0 Å². The van der Waals surface area contributed by atoms with Gasteiger partial charge >= 0.3 is 0 Å². The molecule has 1 rings (SSSR count). The Bertz CT molecular complexity index is 538. The first-order chi connectivity index (χ1) is 12.7. The summed E-state index contributed by atoms with van der Waals surface area (Å²) in [5.74, 6) is -1.01. The maximum atomic E-state index is 11.7. The van der Waals surface area contributed by atoms with Crippen molar-refractivity contribution in [2.45, 2.75) is 38.5 Å². The minimum Gasteiger partial charge on any atom is -0.550 e. The molecule has 0 saturated heterocycles. The number of rotatable bonds is 11. The molecule has 0 saturated carbocycles. The number of aliphatic hydroxyl groups excluding tert-OH is 1. The van der Waals surface area contributed by atoms with Crippen LogP contribution in [-0.4, -0.2) is 67.4 Å². The van der Waals surface area contributed by atoms with Crippen molar-refractivity contribution in [1.82, 2.24) is 5.32 Å². The van der Waals surface area contributed by atoms with Crippen LogP contribution in [0.4, 0.5) is 0 Å². The van der Waals surface area contributed by atoms with E-state index in [0.717, 1.165) is 36.7 Å². The third kappa shape index (κ3) is 15.8. The minimum absolute atomic E-state index is 0.123. The van der Waals surface area contributed by atoms with E-state index >= 15 is 0 Å². The third-order valence-corrected chi connectivity index (χ3v) is 3.74. The third-order valence-electron chi connectivity index (χ3n) is 3.74. The molecule has 0 heterocycles. The fourth-order valence-electron chi connectivity index (χ4n) is 2.14. The number of phenolic OH excluding ortho intramolecular Hbond substituents is 1. The van der Waals surface area contributed by atoms with Crippen molar-refractivity contribution in [3.05, 3.63) is 29.8 Å². The van der Waals surface area contributed by atoms with Crippen LogP contribution < -0.4 is 10.4 Å². The predicted octanol–water partition coefficient (Wildman–Crippen LogP) is 0.897. The highest BCUT2D eigenvalue weighted by molar-refractivity contribution is 5.94. The van der Waals surface area contributed by atoms with Gasteiger partial charge in [-0.2, -0.15) is 0 Å². The van der Waals surface area contributed by atoms with Crippen LogP contribution in [0.5, 0.6) is 5.75 Å². The number of nitrogens with zero attached hydrogens (tertiary/aromatic N) is 1. The first-order valence-corrected chi connectivity index (χ1v) is 9.34. The number of carbonyl (C=O) groups excluding carboxylic acids is 2. The molecule has 7 heteroatoms. The van der Waals surface area contributed by atoms with E-state index in [9.17, 15) is 14.7 Å². The SMILES string of the molecule is C[N+](C)(C)CCO.O=C([O-])CCCCCCCNC(=O)c1ccc(O)cc1. The van der Waals surface area contributed by atoms with E-state index in [1.807, 2.05) is 0 Å². The lowest BCUT2D eigenvalue weighted by atomic mass is 10.1. The van der Waals surface area contributed by atoms with E-state index in [0.29, 0.717) is 18.5 Å². The number of aromatic hydroxyl groups is 1. The van der Waals surface area contributed by atoms with Crippen molar-refractivity contribution in [3.8, 4) is 5.75 Å². The van der Waals surface area contributed by atoms with E-state index in [-0.39, 0.29) is 24.7 Å². The number of carbonyl (C=O) groups is 2. The summed E-state index contributed by atoms with van der Waals surface area (Å²) in [7, 11) is 6.16. The monoisotopic (exact) mass is 382 g/mol. The number of quaternary nitrogens is 1. The van der Waals surface area contributed by atoms with Crippen molar-refractivity contribution >= 4 is 11.9 Å². The summed E-state index contributed by atoms with van der Waals surface area (Å²) in [6.45, 7) is 1.71. The van der Waals surface area contributed by atoms with Crippen LogP contribution in [0, 0.1) is 0 Å². The average Bonchev–Trinajstić information content (AvgIpc) is 2.57. The van der Waals surface area contributed by atoms with E-state index in [1.54, 1.807) is 12.1 Å². The summed E-state index contributed by atoms with van der Waals surface area (Å²) in [4.78, 5) is 21.9. The zero-order valence-corrected chi connectivity index (χ0v) is 16.7. The molecular formula is C20H34N2O5. The van der Waals surface area contributed by atoms with Crippen LogP contribution in [-0.2, 0) is 4.79 Å². The Labute approximate surface area is 162 Å². The quantitative estimate of drug-likeness (QED) is 0.389. The number of carboxylic acids is 1. The molecule has 0 radical (unpaired) electrons. The van der Waals surface area contributed by atoms with Crippen LogP contribution in [0.1, 0.15) is 48.9 Å². The molecule has 1 aromatic rings. The van der Waals surface area contributed by atoms with Crippen LogP contribution in [0.2, 0.25) is 0 Å². The number of hydrogen-bond donors (Lipinski definition) is 3. The van der Waals surface area contributed by atoms with E-state index in [1.165, 1.54) is 12.1 Å². The van der Waals surface area contributed by atoms with Gasteiger partial charge in [-0.3, -0.25) is 4.79 Å². The summed E-state index contributed by atoms with van der Waals surface area (Å²) >= 11 is 0. The number of unbranched alkanes of at least 4 members (excludes halogenated alkanes) is 4. The Kier molecular flexibility index (Phi) is 12.9. The van der Waals surface area contributed by atoms with Crippen LogP contribution in [0.15, 0.2) is 24.3 Å². The molecule has 1 aromatic carbocycles. The molecular weight excluding hydrogens is 348 g/mol. The summed E-state index contributed by atoms with van der Waals surface area (Å²) in [6.07, 6.45) is 4.44. The van der Waals surface area contributed by atoms with Crippen molar-refractivity contribution in [2.75, 3.05) is 40.8 Å². The number of aliphatic hydroxyl groups is 1. The molecule has 7 nitrogen and oxygen atoms in total. The molecule has 0 fully saturated rings. The number of phenols is 1. The molecule has 0 aliphatic heterocycles. The molecule has 3 N–H and O–H groups in total. The highest BCUT2D eigenvalue weighted by atomic mass is 16.4. The first-order valence-electron chi connectivity index (χ1n) is 9.34. The fourth-order valence-corrected chi connectivity index (χ4v) is 2.14. The lowest BCUT2D eigenvalue weighted by Gasteiger charge is -2.21. The molecule has 1 amide bonds. The summed E-state index contributed by atoms with van der Waals surface area (Å²) in [5.41, 5.74) is 0.525. The second kappa shape index (κ2) is 14.0. The van der Waals surface area contributed by atoms with Gasteiger partial charge < -0.3 is 29.9 Å². The van der Waals surface area contributed by atoms with Crippen LogP contribution in [0.3, 0.4) is 0 Å².